The van der Waals surface area contributed by atoms with Gasteiger partial charge in [-0.3, -0.25) is 10.1 Å². The minimum absolute atomic E-state index is 0.158. The van der Waals surface area contributed by atoms with Crippen LogP contribution in [-0.4, -0.2) is 24.0 Å². The van der Waals surface area contributed by atoms with Gasteiger partial charge >= 0.3 is 0 Å². The first kappa shape index (κ1) is 22.6. The lowest BCUT2D eigenvalue weighted by atomic mass is 9.76. The highest BCUT2D eigenvalue weighted by atomic mass is 16.1. The highest BCUT2D eigenvalue weighted by Gasteiger charge is 2.37. The minimum Gasteiger partial charge on any atom is -0.330 e. The van der Waals surface area contributed by atoms with E-state index >= 15 is 0 Å². The van der Waals surface area contributed by atoms with Crippen LogP contribution in [0.2, 0.25) is 0 Å². The number of carbonyl (C=O) groups excluding carboxylic acids is 1. The van der Waals surface area contributed by atoms with Gasteiger partial charge < -0.3 is 11.5 Å². The Balaban J connectivity index is 5.09. The fraction of sp³-hybridized carbons (Fsp3) is 0.947. The molecule has 0 spiro atoms. The predicted molar refractivity (Wildman–Crippen MR) is 100 cm³/mol. The van der Waals surface area contributed by atoms with Gasteiger partial charge in [0.25, 0.3) is 0 Å². The number of carbonyl (C=O) groups is 1. The number of nitrogens with one attached hydrogen (secondary N) is 1. The normalized spacial score (nSPS) is 15.5. The average molecular weight is 328 g/mol. The predicted octanol–water partition coefficient (Wildman–Crippen LogP) is 3.58. The van der Waals surface area contributed by atoms with Crippen LogP contribution >= 0.6 is 0 Å². The molecule has 0 fully saturated rings. The van der Waals surface area contributed by atoms with Crippen molar-refractivity contribution in [2.24, 2.45) is 22.8 Å². The second kappa shape index (κ2) is 10.4. The van der Waals surface area contributed by atoms with Crippen molar-refractivity contribution in [2.45, 2.75) is 98.2 Å². The topological polar surface area (TPSA) is 81.1 Å². The van der Waals surface area contributed by atoms with Crippen LogP contribution in [0.3, 0.4) is 0 Å². The molecule has 0 saturated heterocycles. The van der Waals surface area contributed by atoms with Crippen molar-refractivity contribution in [3.05, 3.63) is 0 Å². The molecule has 0 heterocycles. The zero-order valence-corrected chi connectivity index (χ0v) is 16.4. The molecule has 0 saturated carbocycles. The molecule has 0 aromatic heterocycles. The van der Waals surface area contributed by atoms with Crippen LogP contribution in [0.4, 0.5) is 0 Å². The molecule has 23 heavy (non-hydrogen) atoms. The molecule has 4 heteroatoms. The maximum atomic E-state index is 13.1. The molecule has 2 atom stereocenters. The van der Waals surface area contributed by atoms with E-state index in [1.807, 2.05) is 0 Å². The third-order valence-electron chi connectivity index (χ3n) is 5.79. The maximum Gasteiger partial charge on any atom is 0.155 e. The Hall–Kier alpha value is -0.450. The molecule has 0 aromatic rings. The lowest BCUT2D eigenvalue weighted by molar-refractivity contribution is -0.131. The average Bonchev–Trinajstić information content (AvgIpc) is 2.58. The maximum absolute atomic E-state index is 13.1. The van der Waals surface area contributed by atoms with E-state index in [0.29, 0.717) is 18.2 Å². The lowest BCUT2D eigenvalue weighted by Gasteiger charge is -2.37. The van der Waals surface area contributed by atoms with Crippen molar-refractivity contribution in [1.82, 2.24) is 5.32 Å². The minimum atomic E-state index is -0.456. The van der Waals surface area contributed by atoms with Gasteiger partial charge in [0.05, 0.1) is 11.7 Å². The van der Waals surface area contributed by atoms with E-state index < -0.39 is 5.66 Å². The summed E-state index contributed by atoms with van der Waals surface area (Å²) < 4.78 is 0. The smallest absolute Gasteiger partial charge is 0.155 e. The summed E-state index contributed by atoms with van der Waals surface area (Å²) in [6.07, 6.45) is 6.30. The van der Waals surface area contributed by atoms with Gasteiger partial charge in [0.15, 0.2) is 5.78 Å². The lowest BCUT2D eigenvalue weighted by Crippen LogP contribution is -2.60. The quantitative estimate of drug-likeness (QED) is 0.452. The first-order chi connectivity index (χ1) is 10.7. The molecule has 138 valence electrons. The summed E-state index contributed by atoms with van der Waals surface area (Å²) in [5.74, 6) is 0.828. The van der Waals surface area contributed by atoms with Gasteiger partial charge in [-0.25, -0.2) is 0 Å². The molecule has 5 N–H and O–H groups in total. The summed E-state index contributed by atoms with van der Waals surface area (Å²) in [7, 11) is 0. The number of ketones is 1. The highest BCUT2D eigenvalue weighted by molar-refractivity contribution is 5.89. The largest absolute Gasteiger partial charge is 0.330 e. The molecule has 0 aliphatic rings. The van der Waals surface area contributed by atoms with Crippen LogP contribution < -0.4 is 16.8 Å². The third kappa shape index (κ3) is 6.90. The van der Waals surface area contributed by atoms with Crippen molar-refractivity contribution in [3.8, 4) is 0 Å². The van der Waals surface area contributed by atoms with Crippen LogP contribution in [0.1, 0.15) is 86.5 Å². The van der Waals surface area contributed by atoms with E-state index in [-0.39, 0.29) is 11.5 Å². The number of nitrogens with two attached hydrogens (primary N) is 2. The molecule has 0 radical (unpaired) electrons. The molecule has 0 rings (SSSR count). The highest BCUT2D eigenvalue weighted by Crippen LogP contribution is 2.30. The molecule has 0 aromatic carbocycles. The van der Waals surface area contributed by atoms with E-state index in [9.17, 15) is 4.79 Å². The number of hydrogen-bond acceptors (Lipinski definition) is 4. The van der Waals surface area contributed by atoms with Gasteiger partial charge in [0.2, 0.25) is 0 Å². The molecule has 4 nitrogen and oxygen atoms in total. The second-order valence-electron chi connectivity index (χ2n) is 7.46. The van der Waals surface area contributed by atoms with Crippen LogP contribution in [-0.2, 0) is 4.79 Å². The Morgan fingerprint density at radius 3 is 1.96 bits per heavy atom. The Morgan fingerprint density at radius 2 is 1.57 bits per heavy atom. The first-order valence-electron chi connectivity index (χ1n) is 9.52. The second-order valence-corrected chi connectivity index (χ2v) is 7.46. The van der Waals surface area contributed by atoms with Crippen LogP contribution in [0.15, 0.2) is 0 Å². The van der Waals surface area contributed by atoms with Crippen LogP contribution in [0, 0.1) is 11.3 Å². The zero-order chi connectivity index (χ0) is 18.1. The number of rotatable bonds is 13. The number of hydrogen-bond donors (Lipinski definition) is 3. The van der Waals surface area contributed by atoms with Crippen molar-refractivity contribution in [1.29, 1.82) is 0 Å². The summed E-state index contributed by atoms with van der Waals surface area (Å²) in [6, 6.07) is -0.158. The van der Waals surface area contributed by atoms with E-state index in [0.717, 1.165) is 44.9 Å². The Bertz CT molecular complexity index is 336. The molecule has 0 aliphatic carbocycles. The van der Waals surface area contributed by atoms with Gasteiger partial charge in [0.1, 0.15) is 0 Å². The fourth-order valence-electron chi connectivity index (χ4n) is 2.88. The molecular formula is C19H41N3O. The van der Waals surface area contributed by atoms with Gasteiger partial charge in [-0.05, 0) is 51.0 Å². The zero-order valence-electron chi connectivity index (χ0n) is 16.4. The van der Waals surface area contributed by atoms with E-state index in [1.54, 1.807) is 0 Å². The van der Waals surface area contributed by atoms with E-state index in [4.69, 9.17) is 11.5 Å². The van der Waals surface area contributed by atoms with Gasteiger partial charge in [-0.2, -0.15) is 0 Å². The summed E-state index contributed by atoms with van der Waals surface area (Å²) in [6.45, 7) is 13.3. The summed E-state index contributed by atoms with van der Waals surface area (Å²) in [4.78, 5) is 13.1. The van der Waals surface area contributed by atoms with Crippen LogP contribution in [0.5, 0.6) is 0 Å². The Labute approximate surface area is 144 Å². The summed E-state index contributed by atoms with van der Waals surface area (Å²) >= 11 is 0. The standard InChI is InChI=1S/C19H41N3O/c1-7-18(6,8-2)17(23)16(13-11-12-15(5)14-20)22-19(21,9-3)10-4/h15-16,22H,7-14,20-21H2,1-6H3. The number of Topliss-reactive ketones (excluding diaryl/α,β-unsaturated/α-hetero) is 1. The summed E-state index contributed by atoms with van der Waals surface area (Å²) in [5.41, 5.74) is 11.4. The van der Waals surface area contributed by atoms with Crippen molar-refractivity contribution >= 4 is 5.78 Å². The summed E-state index contributed by atoms with van der Waals surface area (Å²) in [5, 5.41) is 3.49. The van der Waals surface area contributed by atoms with Gasteiger partial charge in [0, 0.05) is 5.41 Å². The molecule has 0 amide bonds. The fourth-order valence-corrected chi connectivity index (χ4v) is 2.88. The van der Waals surface area contributed by atoms with Crippen molar-refractivity contribution in [2.75, 3.05) is 6.54 Å². The third-order valence-corrected chi connectivity index (χ3v) is 5.79. The monoisotopic (exact) mass is 327 g/mol. The SMILES string of the molecule is CCC(N)(CC)NC(CCCC(C)CN)C(=O)C(C)(CC)CC. The Morgan fingerprint density at radius 1 is 1.04 bits per heavy atom. The van der Waals surface area contributed by atoms with Gasteiger partial charge in [-0.1, -0.05) is 48.0 Å². The molecule has 0 aliphatic heterocycles. The first-order valence-corrected chi connectivity index (χ1v) is 9.52. The molecule has 2 unspecified atom stereocenters. The van der Waals surface area contributed by atoms with Gasteiger partial charge in [-0.15, -0.1) is 0 Å². The van der Waals surface area contributed by atoms with E-state index in [1.165, 1.54) is 0 Å². The van der Waals surface area contributed by atoms with Crippen LogP contribution in [0.25, 0.3) is 0 Å². The Kier molecular flexibility index (Phi) is 10.2. The van der Waals surface area contributed by atoms with Crippen molar-refractivity contribution in [3.63, 3.8) is 0 Å². The molecule has 0 bridgehead atoms. The molecular weight excluding hydrogens is 286 g/mol. The van der Waals surface area contributed by atoms with E-state index in [2.05, 4.69) is 46.9 Å². The van der Waals surface area contributed by atoms with Crippen molar-refractivity contribution < 1.29 is 4.79 Å².